The first kappa shape index (κ1) is 19.5. The van der Waals surface area contributed by atoms with Gasteiger partial charge in [0.2, 0.25) is 0 Å². The van der Waals surface area contributed by atoms with E-state index in [4.69, 9.17) is 14.0 Å². The number of methoxy groups -OCH3 is 1. The van der Waals surface area contributed by atoms with Crippen molar-refractivity contribution in [2.75, 3.05) is 44.8 Å². The van der Waals surface area contributed by atoms with E-state index < -0.39 is 5.97 Å². The van der Waals surface area contributed by atoms with Crippen LogP contribution in [0.3, 0.4) is 0 Å². The molecule has 2 saturated heterocycles. The second-order valence-electron chi connectivity index (χ2n) is 6.62. The SMILES string of the molecule is COc1ccc(-c2onc(N3CCOC4(CCNC4)C3)c2C(=O)O)cc1.Cl. The van der Waals surface area contributed by atoms with Crippen molar-refractivity contribution in [1.82, 2.24) is 10.5 Å². The van der Waals surface area contributed by atoms with Gasteiger partial charge in [-0.15, -0.1) is 12.4 Å². The highest BCUT2D eigenvalue weighted by Crippen LogP contribution is 2.35. The third-order valence-electron chi connectivity index (χ3n) is 4.99. The summed E-state index contributed by atoms with van der Waals surface area (Å²) in [5.74, 6) is 0.240. The van der Waals surface area contributed by atoms with Crippen LogP contribution < -0.4 is 15.0 Å². The summed E-state index contributed by atoms with van der Waals surface area (Å²) in [5, 5.41) is 17.2. The smallest absolute Gasteiger partial charge is 0.343 e. The molecule has 2 N–H and O–H groups in total. The zero-order valence-corrected chi connectivity index (χ0v) is 15.8. The average molecular weight is 396 g/mol. The summed E-state index contributed by atoms with van der Waals surface area (Å²) in [6, 6.07) is 7.04. The van der Waals surface area contributed by atoms with E-state index in [0.29, 0.717) is 36.8 Å². The van der Waals surface area contributed by atoms with Crippen LogP contribution in [0, 0.1) is 0 Å². The van der Waals surface area contributed by atoms with E-state index in [1.54, 1.807) is 31.4 Å². The number of benzene rings is 1. The van der Waals surface area contributed by atoms with Crippen LogP contribution >= 0.6 is 12.4 Å². The molecule has 8 nitrogen and oxygen atoms in total. The Kier molecular flexibility index (Phi) is 5.59. The topological polar surface area (TPSA) is 97.1 Å². The molecule has 1 unspecified atom stereocenters. The Balaban J connectivity index is 0.00000210. The predicted octanol–water partition coefficient (Wildman–Crippen LogP) is 2.04. The van der Waals surface area contributed by atoms with E-state index in [1.165, 1.54) is 0 Å². The zero-order chi connectivity index (χ0) is 18.1. The number of rotatable bonds is 4. The molecule has 0 bridgehead atoms. The van der Waals surface area contributed by atoms with Crippen LogP contribution in [0.5, 0.6) is 5.75 Å². The van der Waals surface area contributed by atoms with Crippen LogP contribution in [0.1, 0.15) is 16.8 Å². The summed E-state index contributed by atoms with van der Waals surface area (Å²) in [4.78, 5) is 13.9. The Morgan fingerprint density at radius 1 is 1.37 bits per heavy atom. The summed E-state index contributed by atoms with van der Waals surface area (Å²) in [5.41, 5.74) is 0.443. The third kappa shape index (κ3) is 3.60. The fourth-order valence-corrected chi connectivity index (χ4v) is 3.63. The Labute approximate surface area is 162 Å². The van der Waals surface area contributed by atoms with Gasteiger partial charge in [0.15, 0.2) is 17.1 Å². The quantitative estimate of drug-likeness (QED) is 0.811. The number of carboxylic acid groups (broad SMARTS) is 1. The van der Waals surface area contributed by atoms with Gasteiger partial charge in [-0.25, -0.2) is 4.79 Å². The molecule has 2 aliphatic heterocycles. The predicted molar refractivity (Wildman–Crippen MR) is 101 cm³/mol. The van der Waals surface area contributed by atoms with Gasteiger partial charge in [-0.3, -0.25) is 0 Å². The largest absolute Gasteiger partial charge is 0.497 e. The average Bonchev–Trinajstić information content (AvgIpc) is 3.29. The molecule has 27 heavy (non-hydrogen) atoms. The van der Waals surface area contributed by atoms with Crippen molar-refractivity contribution in [3.05, 3.63) is 29.8 Å². The number of aromatic carboxylic acids is 1. The van der Waals surface area contributed by atoms with Crippen LogP contribution in [0.4, 0.5) is 5.82 Å². The van der Waals surface area contributed by atoms with Crippen molar-refractivity contribution in [2.45, 2.75) is 12.0 Å². The van der Waals surface area contributed by atoms with Gasteiger partial charge in [-0.2, -0.15) is 0 Å². The van der Waals surface area contributed by atoms with Crippen LogP contribution in [-0.2, 0) is 4.74 Å². The third-order valence-corrected chi connectivity index (χ3v) is 4.99. The molecule has 2 fully saturated rings. The number of hydrogen-bond acceptors (Lipinski definition) is 7. The van der Waals surface area contributed by atoms with E-state index in [2.05, 4.69) is 10.5 Å². The van der Waals surface area contributed by atoms with Crippen molar-refractivity contribution >= 4 is 24.2 Å². The van der Waals surface area contributed by atoms with E-state index in [-0.39, 0.29) is 29.3 Å². The molecular formula is C18H22ClN3O5. The molecule has 1 aromatic carbocycles. The van der Waals surface area contributed by atoms with Crippen molar-refractivity contribution in [3.63, 3.8) is 0 Å². The number of nitrogens with zero attached hydrogens (tertiary/aromatic N) is 2. The second kappa shape index (κ2) is 7.75. The first-order valence-electron chi connectivity index (χ1n) is 8.59. The number of hydrogen-bond donors (Lipinski definition) is 2. The fourth-order valence-electron chi connectivity index (χ4n) is 3.63. The van der Waals surface area contributed by atoms with Gasteiger partial charge >= 0.3 is 5.97 Å². The fraction of sp³-hybridized carbons (Fsp3) is 0.444. The van der Waals surface area contributed by atoms with Gasteiger partial charge in [0, 0.05) is 25.2 Å². The number of aromatic nitrogens is 1. The number of nitrogens with one attached hydrogen (secondary N) is 1. The Hall–Kier alpha value is -2.29. The molecule has 1 atom stereocenters. The van der Waals surface area contributed by atoms with Crippen molar-refractivity contribution in [2.24, 2.45) is 0 Å². The molecule has 4 rings (SSSR count). The molecule has 0 saturated carbocycles. The van der Waals surface area contributed by atoms with Crippen LogP contribution in [0.15, 0.2) is 28.8 Å². The molecule has 1 aromatic heterocycles. The zero-order valence-electron chi connectivity index (χ0n) is 14.9. The molecular weight excluding hydrogens is 374 g/mol. The van der Waals surface area contributed by atoms with Crippen molar-refractivity contribution < 1.29 is 23.9 Å². The summed E-state index contributed by atoms with van der Waals surface area (Å²) in [7, 11) is 1.58. The van der Waals surface area contributed by atoms with E-state index in [9.17, 15) is 9.90 Å². The lowest BCUT2D eigenvalue weighted by Crippen LogP contribution is -2.53. The maximum Gasteiger partial charge on any atom is 0.343 e. The highest BCUT2D eigenvalue weighted by atomic mass is 35.5. The second-order valence-corrected chi connectivity index (χ2v) is 6.62. The lowest BCUT2D eigenvalue weighted by atomic mass is 10.00. The number of halogens is 1. The first-order valence-corrected chi connectivity index (χ1v) is 8.59. The minimum atomic E-state index is -1.06. The van der Waals surface area contributed by atoms with E-state index in [0.717, 1.165) is 19.5 Å². The lowest BCUT2D eigenvalue weighted by molar-refractivity contribution is -0.0407. The monoisotopic (exact) mass is 395 g/mol. The van der Waals surface area contributed by atoms with Gasteiger partial charge in [0.25, 0.3) is 0 Å². The Morgan fingerprint density at radius 2 is 2.15 bits per heavy atom. The van der Waals surface area contributed by atoms with E-state index in [1.807, 2.05) is 4.90 Å². The number of morpholine rings is 1. The summed E-state index contributed by atoms with van der Waals surface area (Å²) < 4.78 is 16.6. The maximum atomic E-state index is 12.0. The summed E-state index contributed by atoms with van der Waals surface area (Å²) in [6.45, 7) is 3.36. The summed E-state index contributed by atoms with van der Waals surface area (Å²) >= 11 is 0. The molecule has 0 aliphatic carbocycles. The molecule has 146 valence electrons. The number of carbonyl (C=O) groups is 1. The standard InChI is InChI=1S/C18H21N3O5.ClH/c1-24-13-4-2-12(3-5-13)15-14(17(22)23)16(20-26-15)21-8-9-25-18(11-21)6-7-19-10-18;/h2-5,19H,6-11H2,1H3,(H,22,23);1H. The highest BCUT2D eigenvalue weighted by molar-refractivity contribution is 5.99. The summed E-state index contributed by atoms with van der Waals surface area (Å²) in [6.07, 6.45) is 0.898. The number of carboxylic acids is 1. The van der Waals surface area contributed by atoms with Crippen molar-refractivity contribution in [3.8, 4) is 17.1 Å². The molecule has 2 aliphatic rings. The highest BCUT2D eigenvalue weighted by Gasteiger charge is 2.41. The van der Waals surface area contributed by atoms with Gasteiger partial charge in [-0.1, -0.05) is 5.16 Å². The van der Waals surface area contributed by atoms with Gasteiger partial charge in [-0.05, 0) is 37.2 Å². The van der Waals surface area contributed by atoms with Gasteiger partial charge < -0.3 is 29.3 Å². The molecule has 1 spiro atoms. The minimum Gasteiger partial charge on any atom is -0.497 e. The normalized spacial score (nSPS) is 21.9. The van der Waals surface area contributed by atoms with Crippen LogP contribution in [0.2, 0.25) is 0 Å². The van der Waals surface area contributed by atoms with Gasteiger partial charge in [0.05, 0.1) is 19.3 Å². The molecule has 0 radical (unpaired) electrons. The molecule has 2 aromatic rings. The van der Waals surface area contributed by atoms with Crippen LogP contribution in [0.25, 0.3) is 11.3 Å². The minimum absolute atomic E-state index is 0. The van der Waals surface area contributed by atoms with E-state index >= 15 is 0 Å². The Bertz CT molecular complexity index is 802. The van der Waals surface area contributed by atoms with Crippen LogP contribution in [-0.4, -0.2) is 61.7 Å². The first-order chi connectivity index (χ1) is 12.6. The lowest BCUT2D eigenvalue weighted by Gasteiger charge is -2.40. The molecule has 3 heterocycles. The van der Waals surface area contributed by atoms with Crippen molar-refractivity contribution in [1.29, 1.82) is 0 Å². The number of anilines is 1. The molecule has 0 amide bonds. The maximum absolute atomic E-state index is 12.0. The molecule has 9 heteroatoms. The number of ether oxygens (including phenoxy) is 2. The Morgan fingerprint density at radius 3 is 2.78 bits per heavy atom. The van der Waals surface area contributed by atoms with Gasteiger partial charge in [0.1, 0.15) is 5.75 Å².